The summed E-state index contributed by atoms with van der Waals surface area (Å²) in [7, 11) is 0. The van der Waals surface area contributed by atoms with Crippen molar-refractivity contribution in [1.82, 2.24) is 15.6 Å². The predicted molar refractivity (Wildman–Crippen MR) is 110 cm³/mol. The Morgan fingerprint density at radius 3 is 2.52 bits per heavy atom. The number of rotatable bonds is 7. The van der Waals surface area contributed by atoms with Crippen molar-refractivity contribution in [1.29, 1.82) is 5.26 Å². The van der Waals surface area contributed by atoms with E-state index < -0.39 is 11.9 Å². The monoisotopic (exact) mass is 384 g/mol. The third-order valence-electron chi connectivity index (χ3n) is 4.36. The van der Waals surface area contributed by atoms with Crippen LogP contribution in [-0.4, -0.2) is 29.4 Å². The molecule has 0 radical (unpaired) electrons. The van der Waals surface area contributed by atoms with Gasteiger partial charge in [0.25, 0.3) is 5.91 Å². The Hall–Kier alpha value is -3.98. The van der Waals surface area contributed by atoms with E-state index in [9.17, 15) is 9.59 Å². The first-order valence-electron chi connectivity index (χ1n) is 9.17. The van der Waals surface area contributed by atoms with E-state index in [-0.39, 0.29) is 12.5 Å². The Balaban J connectivity index is 1.80. The normalized spacial score (nSPS) is 11.1. The Bertz CT molecular complexity index is 1010. The number of hydrogen-bond donors (Lipinski definition) is 2. The maximum Gasteiger partial charge on any atom is 0.251 e. The van der Waals surface area contributed by atoms with E-state index in [1.807, 2.05) is 48.5 Å². The van der Waals surface area contributed by atoms with Gasteiger partial charge in [0, 0.05) is 24.4 Å². The molecule has 0 unspecified atom stereocenters. The van der Waals surface area contributed by atoms with Crippen molar-refractivity contribution in [3.63, 3.8) is 0 Å². The number of hydrogen-bond acceptors (Lipinski definition) is 4. The molecule has 3 aromatic rings. The van der Waals surface area contributed by atoms with Gasteiger partial charge in [-0.2, -0.15) is 5.26 Å². The third-order valence-corrected chi connectivity index (χ3v) is 4.36. The Labute approximate surface area is 169 Å². The van der Waals surface area contributed by atoms with Gasteiger partial charge < -0.3 is 10.6 Å². The summed E-state index contributed by atoms with van der Waals surface area (Å²) in [5, 5.41) is 14.1. The first kappa shape index (κ1) is 19.8. The summed E-state index contributed by atoms with van der Waals surface area (Å²) in [6, 6.07) is 21.3. The zero-order valence-electron chi connectivity index (χ0n) is 15.7. The number of carbonyl (C=O) groups excluding carboxylic acids is 2. The summed E-state index contributed by atoms with van der Waals surface area (Å²) in [4.78, 5) is 29.2. The molecule has 0 bridgehead atoms. The molecule has 0 fully saturated rings. The highest BCUT2D eigenvalue weighted by Crippen LogP contribution is 2.20. The Morgan fingerprint density at radius 1 is 1.00 bits per heavy atom. The molecule has 2 aromatic carbocycles. The number of benzene rings is 2. The summed E-state index contributed by atoms with van der Waals surface area (Å²) in [5.74, 6) is -0.742. The number of pyridine rings is 1. The SMILES string of the molecule is N#CCNC(=O)[C@H](Cc1cccc(-c2cccnc2)c1)NC(=O)c1ccccc1. The quantitative estimate of drug-likeness (QED) is 0.613. The molecule has 6 nitrogen and oxygen atoms in total. The number of nitrogens with one attached hydrogen (secondary N) is 2. The topological polar surface area (TPSA) is 94.9 Å². The van der Waals surface area contributed by atoms with E-state index in [1.165, 1.54) is 0 Å². The van der Waals surface area contributed by atoms with Crippen LogP contribution in [0.1, 0.15) is 15.9 Å². The molecule has 144 valence electrons. The lowest BCUT2D eigenvalue weighted by molar-refractivity contribution is -0.122. The van der Waals surface area contributed by atoms with E-state index in [2.05, 4.69) is 15.6 Å². The zero-order chi connectivity index (χ0) is 20.5. The van der Waals surface area contributed by atoms with Gasteiger partial charge in [-0.25, -0.2) is 0 Å². The molecule has 0 aliphatic heterocycles. The van der Waals surface area contributed by atoms with E-state index in [0.29, 0.717) is 12.0 Å². The fraction of sp³-hybridized carbons (Fsp3) is 0.130. The minimum Gasteiger partial charge on any atom is -0.341 e. The van der Waals surface area contributed by atoms with Gasteiger partial charge in [0.15, 0.2) is 0 Å². The molecule has 1 atom stereocenters. The average Bonchev–Trinajstić information content (AvgIpc) is 2.78. The molecule has 3 rings (SSSR count). The van der Waals surface area contributed by atoms with Gasteiger partial charge in [-0.1, -0.05) is 48.5 Å². The molecular formula is C23H20N4O2. The molecule has 2 N–H and O–H groups in total. The van der Waals surface area contributed by atoms with Crippen molar-refractivity contribution in [2.75, 3.05) is 6.54 Å². The van der Waals surface area contributed by atoms with Gasteiger partial charge in [0.2, 0.25) is 5.91 Å². The molecule has 29 heavy (non-hydrogen) atoms. The van der Waals surface area contributed by atoms with Crippen LogP contribution >= 0.6 is 0 Å². The van der Waals surface area contributed by atoms with Crippen LogP contribution in [0.25, 0.3) is 11.1 Å². The number of amides is 2. The highest BCUT2D eigenvalue weighted by Gasteiger charge is 2.22. The summed E-state index contributed by atoms with van der Waals surface area (Å²) in [6.07, 6.45) is 3.78. The van der Waals surface area contributed by atoms with Crippen molar-refractivity contribution >= 4 is 11.8 Å². The lowest BCUT2D eigenvalue weighted by atomic mass is 9.99. The van der Waals surface area contributed by atoms with Gasteiger partial charge in [-0.15, -0.1) is 0 Å². The summed E-state index contributed by atoms with van der Waals surface area (Å²) in [5.41, 5.74) is 3.29. The summed E-state index contributed by atoms with van der Waals surface area (Å²) < 4.78 is 0. The maximum atomic E-state index is 12.5. The maximum absolute atomic E-state index is 12.5. The Morgan fingerprint density at radius 2 is 1.79 bits per heavy atom. The summed E-state index contributed by atoms with van der Waals surface area (Å²) in [6.45, 7) is -0.119. The lowest BCUT2D eigenvalue weighted by Gasteiger charge is -2.18. The molecule has 0 aliphatic rings. The molecule has 6 heteroatoms. The van der Waals surface area contributed by atoms with Crippen LogP contribution < -0.4 is 10.6 Å². The van der Waals surface area contributed by atoms with Crippen LogP contribution in [0.3, 0.4) is 0 Å². The van der Waals surface area contributed by atoms with Gasteiger partial charge in [0.1, 0.15) is 12.6 Å². The Kier molecular flexibility index (Phi) is 6.69. The van der Waals surface area contributed by atoms with Crippen LogP contribution in [0.4, 0.5) is 0 Å². The van der Waals surface area contributed by atoms with E-state index in [0.717, 1.165) is 16.7 Å². The molecular weight excluding hydrogens is 364 g/mol. The zero-order valence-corrected chi connectivity index (χ0v) is 15.7. The van der Waals surface area contributed by atoms with Gasteiger partial charge >= 0.3 is 0 Å². The smallest absolute Gasteiger partial charge is 0.251 e. The van der Waals surface area contributed by atoms with Crippen molar-refractivity contribution < 1.29 is 9.59 Å². The average molecular weight is 384 g/mol. The van der Waals surface area contributed by atoms with Gasteiger partial charge in [-0.3, -0.25) is 14.6 Å². The predicted octanol–water partition coefficient (Wildman–Crippen LogP) is 2.73. The number of aromatic nitrogens is 1. The van der Waals surface area contributed by atoms with Crippen LogP contribution in [0, 0.1) is 11.3 Å². The first-order valence-corrected chi connectivity index (χ1v) is 9.17. The second-order valence-electron chi connectivity index (χ2n) is 6.41. The van der Waals surface area contributed by atoms with Crippen LogP contribution in [0.15, 0.2) is 79.1 Å². The van der Waals surface area contributed by atoms with Crippen LogP contribution in [-0.2, 0) is 11.2 Å². The minimum atomic E-state index is -0.805. The number of nitriles is 1. The molecule has 0 spiro atoms. The molecule has 0 saturated carbocycles. The van der Waals surface area contributed by atoms with Crippen molar-refractivity contribution in [3.8, 4) is 17.2 Å². The molecule has 1 aromatic heterocycles. The largest absolute Gasteiger partial charge is 0.341 e. The number of nitrogens with zero attached hydrogens (tertiary/aromatic N) is 2. The van der Waals surface area contributed by atoms with E-state index >= 15 is 0 Å². The standard InChI is InChI=1S/C23H20N4O2/c24-11-13-26-23(29)21(27-22(28)18-7-2-1-3-8-18)15-17-6-4-9-19(14-17)20-10-5-12-25-16-20/h1-10,12,14,16,21H,13,15H2,(H,26,29)(H,27,28)/t21-/m0/s1. The van der Waals surface area contributed by atoms with E-state index in [1.54, 1.807) is 36.7 Å². The van der Waals surface area contributed by atoms with Gasteiger partial charge in [0.05, 0.1) is 6.07 Å². The van der Waals surface area contributed by atoms with Crippen LogP contribution in [0.2, 0.25) is 0 Å². The highest BCUT2D eigenvalue weighted by atomic mass is 16.2. The molecule has 2 amide bonds. The highest BCUT2D eigenvalue weighted by molar-refractivity contribution is 5.97. The first-order chi connectivity index (χ1) is 14.2. The second-order valence-corrected chi connectivity index (χ2v) is 6.41. The third kappa shape index (κ3) is 5.50. The van der Waals surface area contributed by atoms with Crippen molar-refractivity contribution in [2.24, 2.45) is 0 Å². The number of carbonyl (C=O) groups is 2. The van der Waals surface area contributed by atoms with Gasteiger partial charge in [-0.05, 0) is 34.9 Å². The van der Waals surface area contributed by atoms with E-state index in [4.69, 9.17) is 5.26 Å². The molecule has 1 heterocycles. The fourth-order valence-electron chi connectivity index (χ4n) is 2.94. The minimum absolute atomic E-state index is 0.119. The lowest BCUT2D eigenvalue weighted by Crippen LogP contribution is -2.48. The van der Waals surface area contributed by atoms with Crippen LogP contribution in [0.5, 0.6) is 0 Å². The van der Waals surface area contributed by atoms with Crippen molar-refractivity contribution in [2.45, 2.75) is 12.5 Å². The fourth-order valence-corrected chi connectivity index (χ4v) is 2.94. The molecule has 0 aliphatic carbocycles. The molecule has 0 saturated heterocycles. The summed E-state index contributed by atoms with van der Waals surface area (Å²) >= 11 is 0. The van der Waals surface area contributed by atoms with Crippen molar-refractivity contribution in [3.05, 3.63) is 90.3 Å². The second kappa shape index (κ2) is 9.81.